The van der Waals surface area contributed by atoms with Gasteiger partial charge in [0.1, 0.15) is 0 Å². The molecule has 4 nitrogen and oxygen atoms in total. The largest absolute Gasteiger partial charge is 0.469 e. The number of carbonyl (C=O) groups excluding carboxylic acids is 1. The molecule has 2 rings (SSSR count). The summed E-state index contributed by atoms with van der Waals surface area (Å²) in [6.45, 7) is 6.19. The number of ether oxygens (including phenoxy) is 1. The van der Waals surface area contributed by atoms with Gasteiger partial charge in [0.15, 0.2) is 0 Å². The first-order valence-corrected chi connectivity index (χ1v) is 8.14. The maximum absolute atomic E-state index is 12.4. The van der Waals surface area contributed by atoms with Crippen molar-refractivity contribution < 1.29 is 19.7 Å². The molecule has 0 aliphatic heterocycles. The van der Waals surface area contributed by atoms with Crippen molar-refractivity contribution in [1.29, 1.82) is 0 Å². The lowest BCUT2D eigenvalue weighted by Gasteiger charge is -2.60. The van der Waals surface area contributed by atoms with Crippen LogP contribution in [0.25, 0.3) is 0 Å². The van der Waals surface area contributed by atoms with Gasteiger partial charge in [-0.1, -0.05) is 13.3 Å². The highest BCUT2D eigenvalue weighted by atomic mass is 16.5. The molecule has 0 heterocycles. The molecule has 122 valence electrons. The van der Waals surface area contributed by atoms with Gasteiger partial charge in [-0.15, -0.1) is 0 Å². The molecule has 2 aliphatic carbocycles. The highest BCUT2D eigenvalue weighted by molar-refractivity contribution is 5.77. The molecule has 2 N–H and O–H groups in total. The Morgan fingerprint density at radius 2 is 1.90 bits per heavy atom. The maximum atomic E-state index is 12.4. The summed E-state index contributed by atoms with van der Waals surface area (Å²) in [4.78, 5) is 12.4. The number of hydrogen-bond donors (Lipinski definition) is 2. The number of esters is 1. The fourth-order valence-electron chi connectivity index (χ4n) is 5.55. The number of carbonyl (C=O) groups is 1. The zero-order chi connectivity index (χ0) is 15.9. The van der Waals surface area contributed by atoms with E-state index in [-0.39, 0.29) is 29.8 Å². The fraction of sp³-hybridized carbons (Fsp3) is 0.941. The van der Waals surface area contributed by atoms with Crippen molar-refractivity contribution in [1.82, 2.24) is 0 Å². The summed E-state index contributed by atoms with van der Waals surface area (Å²) in [5.74, 6) is 0.115. The number of rotatable bonds is 3. The minimum Gasteiger partial charge on any atom is -0.469 e. The zero-order valence-corrected chi connectivity index (χ0v) is 13.8. The van der Waals surface area contributed by atoms with E-state index in [9.17, 15) is 15.0 Å². The van der Waals surface area contributed by atoms with Crippen LogP contribution in [0.15, 0.2) is 0 Å². The standard InChI is InChI=1S/C17H30O4/c1-15-8-5-9-16(2,14(19)21-4)12(15)6-10-17(3,20)13(15)7-11-18/h12-13,18,20H,5-11H2,1-4H3/t12-,13-,15+,16+,17+/m1/s1. The van der Waals surface area contributed by atoms with Gasteiger partial charge in [0, 0.05) is 6.61 Å². The number of hydrogen-bond acceptors (Lipinski definition) is 4. The predicted octanol–water partition coefficient (Wildman–Crippen LogP) is 2.52. The van der Waals surface area contributed by atoms with Crippen LogP contribution < -0.4 is 0 Å². The first kappa shape index (κ1) is 16.8. The van der Waals surface area contributed by atoms with E-state index in [2.05, 4.69) is 6.92 Å². The second-order valence-electron chi connectivity index (χ2n) is 7.78. The molecule has 0 unspecified atom stereocenters. The highest BCUT2D eigenvalue weighted by Gasteiger charge is 2.61. The predicted molar refractivity (Wildman–Crippen MR) is 80.6 cm³/mol. The van der Waals surface area contributed by atoms with Crippen molar-refractivity contribution in [3.8, 4) is 0 Å². The Labute approximate surface area is 127 Å². The number of methoxy groups -OCH3 is 1. The Morgan fingerprint density at radius 3 is 2.48 bits per heavy atom. The molecule has 21 heavy (non-hydrogen) atoms. The van der Waals surface area contributed by atoms with Gasteiger partial charge < -0.3 is 14.9 Å². The van der Waals surface area contributed by atoms with Crippen LogP contribution in [0.3, 0.4) is 0 Å². The van der Waals surface area contributed by atoms with Crippen molar-refractivity contribution in [2.75, 3.05) is 13.7 Å². The van der Waals surface area contributed by atoms with Gasteiger partial charge in [0.2, 0.25) is 0 Å². The van der Waals surface area contributed by atoms with E-state index in [1.807, 2.05) is 13.8 Å². The molecule has 5 atom stereocenters. The van der Waals surface area contributed by atoms with Crippen LogP contribution in [-0.4, -0.2) is 35.5 Å². The normalized spacial score (nSPS) is 46.8. The average Bonchev–Trinajstić information content (AvgIpc) is 2.41. The molecular formula is C17H30O4. The summed E-state index contributed by atoms with van der Waals surface area (Å²) in [6, 6.07) is 0. The summed E-state index contributed by atoms with van der Waals surface area (Å²) in [5.41, 5.74) is -1.35. The van der Waals surface area contributed by atoms with Crippen LogP contribution in [0, 0.1) is 22.7 Å². The summed E-state index contributed by atoms with van der Waals surface area (Å²) < 4.78 is 5.08. The Morgan fingerprint density at radius 1 is 1.24 bits per heavy atom. The molecule has 0 amide bonds. The van der Waals surface area contributed by atoms with Gasteiger partial charge in [0.05, 0.1) is 18.1 Å². The third-order valence-electron chi connectivity index (χ3n) is 6.53. The number of aliphatic hydroxyl groups excluding tert-OH is 1. The lowest BCUT2D eigenvalue weighted by molar-refractivity contribution is -0.194. The smallest absolute Gasteiger partial charge is 0.311 e. The number of aliphatic hydroxyl groups is 2. The molecule has 0 bridgehead atoms. The summed E-state index contributed by atoms with van der Waals surface area (Å²) >= 11 is 0. The van der Waals surface area contributed by atoms with Gasteiger partial charge in [0.25, 0.3) is 0 Å². The van der Waals surface area contributed by atoms with Crippen molar-refractivity contribution >= 4 is 5.97 Å². The first-order chi connectivity index (χ1) is 9.72. The average molecular weight is 298 g/mol. The van der Waals surface area contributed by atoms with Crippen LogP contribution in [0.5, 0.6) is 0 Å². The number of fused-ring (bicyclic) bond motifs is 1. The van der Waals surface area contributed by atoms with E-state index in [1.165, 1.54) is 7.11 Å². The molecule has 4 heteroatoms. The van der Waals surface area contributed by atoms with Crippen molar-refractivity contribution in [3.05, 3.63) is 0 Å². The second-order valence-corrected chi connectivity index (χ2v) is 7.78. The van der Waals surface area contributed by atoms with Gasteiger partial charge in [-0.2, -0.15) is 0 Å². The molecule has 0 spiro atoms. The Kier molecular flexibility index (Phi) is 4.42. The molecule has 2 fully saturated rings. The quantitative estimate of drug-likeness (QED) is 0.786. The van der Waals surface area contributed by atoms with E-state index in [0.717, 1.165) is 25.7 Å². The van der Waals surface area contributed by atoms with Crippen LogP contribution >= 0.6 is 0 Å². The van der Waals surface area contributed by atoms with Crippen LogP contribution in [-0.2, 0) is 9.53 Å². The highest BCUT2D eigenvalue weighted by Crippen LogP contribution is 2.63. The third kappa shape index (κ3) is 2.50. The van der Waals surface area contributed by atoms with E-state index >= 15 is 0 Å². The van der Waals surface area contributed by atoms with Gasteiger partial charge in [-0.3, -0.25) is 4.79 Å². The summed E-state index contributed by atoms with van der Waals surface area (Å²) in [6.07, 6.45) is 4.95. The van der Waals surface area contributed by atoms with Crippen LogP contribution in [0.1, 0.15) is 59.3 Å². The first-order valence-electron chi connectivity index (χ1n) is 8.14. The second kappa shape index (κ2) is 5.54. The Hall–Kier alpha value is -0.610. The lowest BCUT2D eigenvalue weighted by Crippen LogP contribution is -2.60. The monoisotopic (exact) mass is 298 g/mol. The topological polar surface area (TPSA) is 66.8 Å². The van der Waals surface area contributed by atoms with Crippen molar-refractivity contribution in [2.45, 2.75) is 64.9 Å². The molecule has 2 aliphatic rings. The van der Waals surface area contributed by atoms with Crippen molar-refractivity contribution in [2.24, 2.45) is 22.7 Å². The summed E-state index contributed by atoms with van der Waals surface area (Å²) in [7, 11) is 1.46. The lowest BCUT2D eigenvalue weighted by atomic mass is 9.45. The fourth-order valence-corrected chi connectivity index (χ4v) is 5.55. The summed E-state index contributed by atoms with van der Waals surface area (Å²) in [5, 5.41) is 20.2. The Bertz CT molecular complexity index is 406. The molecular weight excluding hydrogens is 268 g/mol. The molecule has 0 radical (unpaired) electrons. The van der Waals surface area contributed by atoms with E-state index < -0.39 is 11.0 Å². The van der Waals surface area contributed by atoms with Crippen LogP contribution in [0.2, 0.25) is 0 Å². The molecule has 0 aromatic heterocycles. The molecule has 0 aromatic rings. The van der Waals surface area contributed by atoms with Crippen LogP contribution in [0.4, 0.5) is 0 Å². The van der Waals surface area contributed by atoms with Gasteiger partial charge in [-0.05, 0) is 63.2 Å². The van der Waals surface area contributed by atoms with E-state index in [4.69, 9.17) is 4.74 Å². The SMILES string of the molecule is COC(=O)[C@@]1(C)CCC[C@]2(C)[C@@H](CCO)[C@@](C)(O)CC[C@H]21. The van der Waals surface area contributed by atoms with E-state index in [0.29, 0.717) is 12.8 Å². The molecule has 0 aromatic carbocycles. The Balaban J connectivity index is 2.41. The minimum atomic E-state index is -0.762. The molecule has 0 saturated heterocycles. The maximum Gasteiger partial charge on any atom is 0.311 e. The zero-order valence-electron chi connectivity index (χ0n) is 13.8. The minimum absolute atomic E-state index is 0.0260. The third-order valence-corrected chi connectivity index (χ3v) is 6.53. The van der Waals surface area contributed by atoms with Gasteiger partial charge >= 0.3 is 5.97 Å². The van der Waals surface area contributed by atoms with Crippen molar-refractivity contribution in [3.63, 3.8) is 0 Å². The van der Waals surface area contributed by atoms with E-state index in [1.54, 1.807) is 0 Å². The molecule has 2 saturated carbocycles. The van der Waals surface area contributed by atoms with Gasteiger partial charge in [-0.25, -0.2) is 0 Å².